The van der Waals surface area contributed by atoms with Crippen molar-refractivity contribution in [3.63, 3.8) is 0 Å². The number of carbonyl (C=O) groups excluding carboxylic acids is 1. The third kappa shape index (κ3) is 4.89. The maximum absolute atomic E-state index is 12.1. The summed E-state index contributed by atoms with van der Waals surface area (Å²) >= 11 is 0. The second kappa shape index (κ2) is 7.25. The van der Waals surface area contributed by atoms with Crippen molar-refractivity contribution in [2.45, 2.75) is 32.7 Å². The number of aromatic nitrogens is 2. The average molecular weight is 340 g/mol. The molecule has 1 saturated heterocycles. The Kier molecular flexibility index (Phi) is 5.56. The van der Waals surface area contributed by atoms with E-state index in [1.807, 2.05) is 0 Å². The van der Waals surface area contributed by atoms with Gasteiger partial charge in [0.2, 0.25) is 5.95 Å². The van der Waals surface area contributed by atoms with Crippen LogP contribution in [0.5, 0.6) is 0 Å². The van der Waals surface area contributed by atoms with Crippen LogP contribution < -0.4 is 10.2 Å². The predicted molar refractivity (Wildman–Crippen MR) is 89.3 cm³/mol. The van der Waals surface area contributed by atoms with Gasteiger partial charge in [0.1, 0.15) is 5.69 Å². The lowest BCUT2D eigenvalue weighted by Crippen LogP contribution is -2.34. The van der Waals surface area contributed by atoms with E-state index in [2.05, 4.69) is 29.1 Å². The summed E-state index contributed by atoms with van der Waals surface area (Å²) < 4.78 is 23.2. The minimum atomic E-state index is -2.97. The highest BCUT2D eigenvalue weighted by Crippen LogP contribution is 2.20. The zero-order valence-electron chi connectivity index (χ0n) is 13.8. The van der Waals surface area contributed by atoms with Crippen LogP contribution in [0, 0.1) is 5.92 Å². The van der Waals surface area contributed by atoms with E-state index < -0.39 is 9.84 Å². The molecule has 1 aromatic heterocycles. The number of hydrogen-bond donors (Lipinski definition) is 1. The maximum Gasteiger partial charge on any atom is 0.270 e. The van der Waals surface area contributed by atoms with Crippen LogP contribution in [0.15, 0.2) is 12.3 Å². The molecule has 0 spiro atoms. The molecule has 1 aliphatic heterocycles. The molecule has 1 fully saturated rings. The molecule has 23 heavy (non-hydrogen) atoms. The normalized spacial score (nSPS) is 19.7. The summed E-state index contributed by atoms with van der Waals surface area (Å²) in [5.74, 6) is 0.965. The number of carbonyl (C=O) groups is 1. The van der Waals surface area contributed by atoms with Gasteiger partial charge in [-0.05, 0) is 24.8 Å². The van der Waals surface area contributed by atoms with Gasteiger partial charge in [-0.3, -0.25) is 4.79 Å². The van der Waals surface area contributed by atoms with E-state index >= 15 is 0 Å². The topological polar surface area (TPSA) is 92.3 Å². The highest BCUT2D eigenvalue weighted by Gasteiger charge is 2.31. The van der Waals surface area contributed by atoms with Gasteiger partial charge in [-0.1, -0.05) is 13.8 Å². The molecule has 7 nitrogen and oxygen atoms in total. The Hall–Kier alpha value is -1.70. The van der Waals surface area contributed by atoms with Crippen LogP contribution in [0.1, 0.15) is 37.2 Å². The van der Waals surface area contributed by atoms with Crippen molar-refractivity contribution >= 4 is 21.7 Å². The number of sulfone groups is 1. The minimum Gasteiger partial charge on any atom is -0.351 e. The molecule has 1 amide bonds. The molecule has 1 N–H and O–H groups in total. The molecule has 2 rings (SSSR count). The number of nitrogens with one attached hydrogen (secondary N) is 1. The Morgan fingerprint density at radius 3 is 2.83 bits per heavy atom. The van der Waals surface area contributed by atoms with Gasteiger partial charge in [-0.25, -0.2) is 18.4 Å². The van der Waals surface area contributed by atoms with Crippen molar-refractivity contribution in [2.24, 2.45) is 5.92 Å². The summed E-state index contributed by atoms with van der Waals surface area (Å²) in [4.78, 5) is 22.3. The SMILES string of the molecule is CC(C)CCNC(=O)c1ccnc(N(C)C2CCS(=O)(=O)C2)n1. The Morgan fingerprint density at radius 2 is 2.22 bits per heavy atom. The van der Waals surface area contributed by atoms with E-state index in [-0.39, 0.29) is 23.5 Å². The summed E-state index contributed by atoms with van der Waals surface area (Å²) in [6.07, 6.45) is 3.00. The first-order valence-corrected chi connectivity index (χ1v) is 9.65. The van der Waals surface area contributed by atoms with Gasteiger partial charge in [0.15, 0.2) is 9.84 Å². The van der Waals surface area contributed by atoms with E-state index in [1.54, 1.807) is 18.0 Å². The fourth-order valence-corrected chi connectivity index (χ4v) is 4.23. The fraction of sp³-hybridized carbons (Fsp3) is 0.667. The van der Waals surface area contributed by atoms with Crippen molar-refractivity contribution in [1.29, 1.82) is 0 Å². The Bertz CT molecular complexity index is 660. The Morgan fingerprint density at radius 1 is 1.48 bits per heavy atom. The fourth-order valence-electron chi connectivity index (χ4n) is 2.45. The summed E-state index contributed by atoms with van der Waals surface area (Å²) in [6.45, 7) is 4.80. The number of hydrogen-bond acceptors (Lipinski definition) is 6. The number of nitrogens with zero attached hydrogens (tertiary/aromatic N) is 3. The lowest BCUT2D eigenvalue weighted by atomic mass is 10.1. The van der Waals surface area contributed by atoms with Gasteiger partial charge >= 0.3 is 0 Å². The van der Waals surface area contributed by atoms with Crippen LogP contribution in [-0.4, -0.2) is 55.4 Å². The first kappa shape index (κ1) is 17.7. The smallest absolute Gasteiger partial charge is 0.270 e. The number of amides is 1. The van der Waals surface area contributed by atoms with Crippen LogP contribution in [0.2, 0.25) is 0 Å². The zero-order chi connectivity index (χ0) is 17.0. The van der Waals surface area contributed by atoms with Gasteiger partial charge in [0.25, 0.3) is 5.91 Å². The van der Waals surface area contributed by atoms with Crippen LogP contribution in [0.4, 0.5) is 5.95 Å². The molecule has 128 valence electrons. The Balaban J connectivity index is 2.03. The van der Waals surface area contributed by atoms with Crippen molar-refractivity contribution in [2.75, 3.05) is 30.0 Å². The molecular formula is C15H24N4O3S. The molecule has 0 radical (unpaired) electrons. The van der Waals surface area contributed by atoms with E-state index in [9.17, 15) is 13.2 Å². The van der Waals surface area contributed by atoms with Gasteiger partial charge in [-0.15, -0.1) is 0 Å². The second-order valence-electron chi connectivity index (χ2n) is 6.35. The molecule has 1 aromatic rings. The lowest BCUT2D eigenvalue weighted by molar-refractivity contribution is 0.0947. The second-order valence-corrected chi connectivity index (χ2v) is 8.58. The summed E-state index contributed by atoms with van der Waals surface area (Å²) in [5.41, 5.74) is 0.298. The highest BCUT2D eigenvalue weighted by molar-refractivity contribution is 7.91. The van der Waals surface area contributed by atoms with Crippen molar-refractivity contribution in [3.8, 4) is 0 Å². The van der Waals surface area contributed by atoms with Gasteiger partial charge < -0.3 is 10.2 Å². The lowest BCUT2D eigenvalue weighted by Gasteiger charge is -2.23. The molecular weight excluding hydrogens is 316 g/mol. The van der Waals surface area contributed by atoms with Crippen LogP contribution in [-0.2, 0) is 9.84 Å². The molecule has 0 aliphatic carbocycles. The van der Waals surface area contributed by atoms with E-state index in [0.717, 1.165) is 6.42 Å². The maximum atomic E-state index is 12.1. The predicted octanol–water partition coefficient (Wildman–Crippen LogP) is 0.876. The van der Waals surface area contributed by atoms with Crippen LogP contribution >= 0.6 is 0 Å². The van der Waals surface area contributed by atoms with E-state index in [0.29, 0.717) is 30.5 Å². The molecule has 1 atom stereocenters. The molecule has 0 bridgehead atoms. The molecule has 0 saturated carbocycles. The first-order valence-electron chi connectivity index (χ1n) is 7.83. The number of rotatable bonds is 6. The highest BCUT2D eigenvalue weighted by atomic mass is 32.2. The number of anilines is 1. The molecule has 2 heterocycles. The molecule has 0 aromatic carbocycles. The summed E-state index contributed by atoms with van der Waals surface area (Å²) in [6, 6.07) is 1.42. The summed E-state index contributed by atoms with van der Waals surface area (Å²) in [5, 5.41) is 2.84. The monoisotopic (exact) mass is 340 g/mol. The van der Waals surface area contributed by atoms with Crippen LogP contribution in [0.3, 0.4) is 0 Å². The third-order valence-corrected chi connectivity index (χ3v) is 5.70. The van der Waals surface area contributed by atoms with E-state index in [4.69, 9.17) is 0 Å². The largest absolute Gasteiger partial charge is 0.351 e. The van der Waals surface area contributed by atoms with Gasteiger partial charge in [-0.2, -0.15) is 0 Å². The first-order chi connectivity index (χ1) is 10.8. The van der Waals surface area contributed by atoms with Gasteiger partial charge in [0, 0.05) is 25.8 Å². The van der Waals surface area contributed by atoms with Crippen molar-refractivity contribution < 1.29 is 13.2 Å². The molecule has 8 heteroatoms. The van der Waals surface area contributed by atoms with Crippen molar-refractivity contribution in [1.82, 2.24) is 15.3 Å². The zero-order valence-corrected chi connectivity index (χ0v) is 14.6. The van der Waals surface area contributed by atoms with Crippen molar-refractivity contribution in [3.05, 3.63) is 18.0 Å². The van der Waals surface area contributed by atoms with E-state index in [1.165, 1.54) is 6.20 Å². The minimum absolute atomic E-state index is 0.109. The third-order valence-electron chi connectivity index (χ3n) is 3.95. The quantitative estimate of drug-likeness (QED) is 0.826. The molecule has 1 unspecified atom stereocenters. The molecule has 1 aliphatic rings. The summed E-state index contributed by atoms with van der Waals surface area (Å²) in [7, 11) is -1.21. The standard InChI is InChI=1S/C15H24N4O3S/c1-11(2)4-7-16-14(20)13-5-8-17-15(18-13)19(3)12-6-9-23(21,22)10-12/h5,8,11-12H,4,6-7,9-10H2,1-3H3,(H,16,20). The van der Waals surface area contributed by atoms with Gasteiger partial charge in [0.05, 0.1) is 11.5 Å². The average Bonchev–Trinajstić information content (AvgIpc) is 2.86. The van der Waals surface area contributed by atoms with Crippen LogP contribution in [0.25, 0.3) is 0 Å². The Labute approximate surface area is 137 Å².